The molecule has 2 rings (SSSR count). The average Bonchev–Trinajstić information content (AvgIpc) is 2.93. The molecular weight excluding hydrogens is 264 g/mol. The summed E-state index contributed by atoms with van der Waals surface area (Å²) < 4.78 is 0. The molecule has 0 aromatic heterocycles. The molecule has 0 saturated carbocycles. The van der Waals surface area contributed by atoms with E-state index in [2.05, 4.69) is 0 Å². The van der Waals surface area contributed by atoms with Crippen LogP contribution < -0.4 is 5.73 Å². The molecule has 0 spiro atoms. The molecule has 1 fully saturated rings. The molecule has 1 aliphatic heterocycles. The Bertz CT molecular complexity index is 447. The van der Waals surface area contributed by atoms with Crippen LogP contribution in [0.2, 0.25) is 0 Å². The van der Waals surface area contributed by atoms with Crippen molar-refractivity contribution >= 4 is 5.91 Å². The molecule has 0 radical (unpaired) electrons. The fourth-order valence-corrected chi connectivity index (χ4v) is 2.97. The monoisotopic (exact) mass is 290 g/mol. The fraction of sp³-hybridized carbons (Fsp3) is 0.588. The van der Waals surface area contributed by atoms with Crippen LogP contribution >= 0.6 is 0 Å². The van der Waals surface area contributed by atoms with E-state index in [1.165, 1.54) is 0 Å². The summed E-state index contributed by atoms with van der Waals surface area (Å²) in [6, 6.07) is 9.88. The van der Waals surface area contributed by atoms with E-state index < -0.39 is 6.10 Å². The van der Waals surface area contributed by atoms with Gasteiger partial charge in [0, 0.05) is 25.0 Å². The highest BCUT2D eigenvalue weighted by molar-refractivity contribution is 5.76. The van der Waals surface area contributed by atoms with Gasteiger partial charge in [0.05, 0.1) is 6.10 Å². The molecule has 1 saturated heterocycles. The molecule has 1 aliphatic rings. The van der Waals surface area contributed by atoms with Crippen molar-refractivity contribution in [1.82, 2.24) is 4.90 Å². The minimum atomic E-state index is -0.502. The van der Waals surface area contributed by atoms with Crippen molar-refractivity contribution in [3.63, 3.8) is 0 Å². The van der Waals surface area contributed by atoms with Crippen LogP contribution in [-0.4, -0.2) is 34.5 Å². The van der Waals surface area contributed by atoms with Gasteiger partial charge >= 0.3 is 0 Å². The van der Waals surface area contributed by atoms with Crippen LogP contribution in [0.5, 0.6) is 0 Å². The van der Waals surface area contributed by atoms with E-state index in [1.54, 1.807) is 0 Å². The van der Waals surface area contributed by atoms with Gasteiger partial charge in [-0.15, -0.1) is 0 Å². The van der Waals surface area contributed by atoms with Gasteiger partial charge in [-0.2, -0.15) is 0 Å². The molecule has 3 N–H and O–H groups in total. The second-order valence-electron chi connectivity index (χ2n) is 6.06. The zero-order valence-corrected chi connectivity index (χ0v) is 12.7. The lowest BCUT2D eigenvalue weighted by atomic mass is 10.0. The average molecular weight is 290 g/mol. The number of carbonyl (C=O) groups excluding carboxylic acids is 1. The van der Waals surface area contributed by atoms with Crippen LogP contribution in [0.3, 0.4) is 0 Å². The highest BCUT2D eigenvalue weighted by Gasteiger charge is 2.30. The van der Waals surface area contributed by atoms with E-state index in [-0.39, 0.29) is 18.0 Å². The Kier molecular flexibility index (Phi) is 5.76. The third kappa shape index (κ3) is 4.55. The maximum atomic E-state index is 12.3. The second kappa shape index (κ2) is 7.57. The van der Waals surface area contributed by atoms with E-state index in [4.69, 9.17) is 5.73 Å². The van der Waals surface area contributed by atoms with E-state index in [1.807, 2.05) is 42.2 Å². The third-order valence-corrected chi connectivity index (χ3v) is 4.19. The molecule has 21 heavy (non-hydrogen) atoms. The second-order valence-corrected chi connectivity index (χ2v) is 6.06. The molecule has 0 bridgehead atoms. The number of hydrogen-bond donors (Lipinski definition) is 2. The number of likely N-dealkylation sites (tertiary alicyclic amines) is 1. The molecule has 3 unspecified atom stereocenters. The first-order chi connectivity index (χ1) is 10.1. The van der Waals surface area contributed by atoms with Gasteiger partial charge in [0.25, 0.3) is 0 Å². The first-order valence-corrected chi connectivity index (χ1v) is 7.86. The number of nitrogens with zero attached hydrogens (tertiary/aromatic N) is 1. The quantitative estimate of drug-likeness (QED) is 0.844. The predicted molar refractivity (Wildman–Crippen MR) is 83.6 cm³/mol. The Labute approximate surface area is 126 Å². The smallest absolute Gasteiger partial charge is 0.222 e. The molecule has 1 aromatic rings. The molecule has 4 heteroatoms. The van der Waals surface area contributed by atoms with Crippen LogP contribution in [0.1, 0.15) is 50.7 Å². The summed E-state index contributed by atoms with van der Waals surface area (Å²) in [5.41, 5.74) is 6.64. The first-order valence-electron chi connectivity index (χ1n) is 7.86. The van der Waals surface area contributed by atoms with Crippen LogP contribution in [0.15, 0.2) is 30.3 Å². The van der Waals surface area contributed by atoms with Gasteiger partial charge in [0.15, 0.2) is 0 Å². The van der Waals surface area contributed by atoms with E-state index in [0.717, 1.165) is 31.4 Å². The molecule has 0 aliphatic carbocycles. The third-order valence-electron chi connectivity index (χ3n) is 4.19. The standard InChI is InChI=1S/C17H26N2O2/c1-13(18)9-10-17(21)19-11-5-8-15(19)12-16(20)14-6-3-2-4-7-14/h2-4,6-7,13,15-16,20H,5,8-12,18H2,1H3. The van der Waals surface area contributed by atoms with Crippen LogP contribution in [-0.2, 0) is 4.79 Å². The van der Waals surface area contributed by atoms with Gasteiger partial charge in [-0.05, 0) is 38.2 Å². The molecule has 1 aromatic carbocycles. The largest absolute Gasteiger partial charge is 0.388 e. The molecular formula is C17H26N2O2. The lowest BCUT2D eigenvalue weighted by Crippen LogP contribution is -2.37. The lowest BCUT2D eigenvalue weighted by molar-refractivity contribution is -0.132. The van der Waals surface area contributed by atoms with E-state index in [0.29, 0.717) is 12.8 Å². The van der Waals surface area contributed by atoms with E-state index >= 15 is 0 Å². The highest BCUT2D eigenvalue weighted by atomic mass is 16.3. The number of nitrogens with two attached hydrogens (primary N) is 1. The minimum absolute atomic E-state index is 0.0601. The molecule has 4 nitrogen and oxygen atoms in total. The summed E-state index contributed by atoms with van der Waals surface area (Å²) in [5, 5.41) is 10.3. The summed E-state index contributed by atoms with van der Waals surface area (Å²) in [6.45, 7) is 2.73. The Morgan fingerprint density at radius 2 is 2.14 bits per heavy atom. The molecule has 1 heterocycles. The Balaban J connectivity index is 1.91. The Morgan fingerprint density at radius 1 is 1.43 bits per heavy atom. The Hall–Kier alpha value is -1.39. The zero-order chi connectivity index (χ0) is 15.2. The number of amides is 1. The van der Waals surface area contributed by atoms with Crippen LogP contribution in [0.4, 0.5) is 0 Å². The van der Waals surface area contributed by atoms with Gasteiger partial charge in [0.1, 0.15) is 0 Å². The van der Waals surface area contributed by atoms with Crippen molar-refractivity contribution in [3.05, 3.63) is 35.9 Å². The number of aliphatic hydroxyl groups is 1. The lowest BCUT2D eigenvalue weighted by Gasteiger charge is -2.27. The van der Waals surface area contributed by atoms with Crippen molar-refractivity contribution in [1.29, 1.82) is 0 Å². The van der Waals surface area contributed by atoms with Crippen molar-refractivity contribution < 1.29 is 9.90 Å². The summed E-state index contributed by atoms with van der Waals surface area (Å²) in [5.74, 6) is 0.176. The molecule has 116 valence electrons. The molecule has 3 atom stereocenters. The summed E-state index contributed by atoms with van der Waals surface area (Å²) >= 11 is 0. The first kappa shape index (κ1) is 16.0. The number of carbonyl (C=O) groups is 1. The highest BCUT2D eigenvalue weighted by Crippen LogP contribution is 2.28. The number of rotatable bonds is 6. The normalized spacial score (nSPS) is 21.3. The summed E-state index contributed by atoms with van der Waals surface area (Å²) in [6.07, 6.45) is 3.36. The number of aliphatic hydroxyl groups excluding tert-OH is 1. The Morgan fingerprint density at radius 3 is 2.81 bits per heavy atom. The van der Waals surface area contributed by atoms with Gasteiger partial charge in [0.2, 0.25) is 5.91 Å². The van der Waals surface area contributed by atoms with Gasteiger partial charge < -0.3 is 15.7 Å². The van der Waals surface area contributed by atoms with E-state index in [9.17, 15) is 9.90 Å². The predicted octanol–water partition coefficient (Wildman–Crippen LogP) is 2.23. The van der Waals surface area contributed by atoms with Crippen molar-refractivity contribution in [2.24, 2.45) is 5.73 Å². The molecule has 1 amide bonds. The maximum absolute atomic E-state index is 12.3. The van der Waals surface area contributed by atoms with Gasteiger partial charge in [-0.3, -0.25) is 4.79 Å². The maximum Gasteiger partial charge on any atom is 0.222 e. The fourth-order valence-electron chi connectivity index (χ4n) is 2.97. The van der Waals surface area contributed by atoms with Crippen LogP contribution in [0.25, 0.3) is 0 Å². The summed E-state index contributed by atoms with van der Waals surface area (Å²) in [7, 11) is 0. The van der Waals surface area contributed by atoms with Crippen molar-refractivity contribution in [2.75, 3.05) is 6.54 Å². The topological polar surface area (TPSA) is 66.6 Å². The van der Waals surface area contributed by atoms with Gasteiger partial charge in [-0.1, -0.05) is 30.3 Å². The van der Waals surface area contributed by atoms with Crippen LogP contribution in [0, 0.1) is 0 Å². The number of hydrogen-bond acceptors (Lipinski definition) is 3. The number of benzene rings is 1. The van der Waals surface area contributed by atoms with Crippen molar-refractivity contribution in [2.45, 2.75) is 57.2 Å². The minimum Gasteiger partial charge on any atom is -0.388 e. The SMILES string of the molecule is CC(N)CCC(=O)N1CCCC1CC(O)c1ccccc1. The summed E-state index contributed by atoms with van der Waals surface area (Å²) in [4.78, 5) is 14.2. The zero-order valence-electron chi connectivity index (χ0n) is 12.7. The van der Waals surface area contributed by atoms with Crippen molar-refractivity contribution in [3.8, 4) is 0 Å². The van der Waals surface area contributed by atoms with Gasteiger partial charge in [-0.25, -0.2) is 0 Å².